The number of nitrogens with two attached hydrogens (primary N) is 1. The fraction of sp³-hybridized carbons (Fsp3) is 0.857. The van der Waals surface area contributed by atoms with Gasteiger partial charge in [0, 0.05) is 31.7 Å². The Labute approximate surface area is 119 Å². The third kappa shape index (κ3) is 2.54. The molecule has 0 saturated carbocycles. The van der Waals surface area contributed by atoms with Crippen LogP contribution < -0.4 is 5.73 Å². The molecule has 6 heteroatoms. The van der Waals surface area contributed by atoms with Crippen LogP contribution in [0.5, 0.6) is 0 Å². The van der Waals surface area contributed by atoms with Crippen molar-refractivity contribution in [3.05, 3.63) is 0 Å². The van der Waals surface area contributed by atoms with E-state index in [2.05, 4.69) is 0 Å². The van der Waals surface area contributed by atoms with Crippen LogP contribution in [0.1, 0.15) is 25.7 Å². The zero-order chi connectivity index (χ0) is 14.1. The average Bonchev–Trinajstić information content (AvgIpc) is 2.99. The summed E-state index contributed by atoms with van der Waals surface area (Å²) in [6.45, 7) is 2.82. The summed E-state index contributed by atoms with van der Waals surface area (Å²) in [5.74, 6) is 0.463. The Bertz CT molecular complexity index is 395. The lowest BCUT2D eigenvalue weighted by molar-refractivity contribution is -0.158. The third-order valence-electron chi connectivity index (χ3n) is 4.75. The monoisotopic (exact) mass is 281 g/mol. The number of nitrogens with zero attached hydrogens (tertiary/aromatic N) is 2. The standard InChI is InChI=1S/C14H23N3O3/c15-11(10-4-6-20-9-10)7-16-8-13(18)17-5-2-1-3-12(17)14(16)19/h10-12H,1-9,15H2. The Morgan fingerprint density at radius 1 is 1.30 bits per heavy atom. The van der Waals surface area contributed by atoms with Crippen molar-refractivity contribution in [1.82, 2.24) is 9.80 Å². The van der Waals surface area contributed by atoms with E-state index in [0.29, 0.717) is 19.1 Å². The van der Waals surface area contributed by atoms with E-state index in [-0.39, 0.29) is 30.4 Å². The molecule has 6 nitrogen and oxygen atoms in total. The third-order valence-corrected chi connectivity index (χ3v) is 4.75. The summed E-state index contributed by atoms with van der Waals surface area (Å²) < 4.78 is 5.34. The van der Waals surface area contributed by atoms with Gasteiger partial charge in [-0.2, -0.15) is 0 Å². The summed E-state index contributed by atoms with van der Waals surface area (Å²) in [5.41, 5.74) is 6.19. The van der Waals surface area contributed by atoms with Crippen LogP contribution in [0.15, 0.2) is 0 Å². The summed E-state index contributed by atoms with van der Waals surface area (Å²) >= 11 is 0. The number of hydrogen-bond acceptors (Lipinski definition) is 4. The van der Waals surface area contributed by atoms with Crippen molar-refractivity contribution >= 4 is 11.8 Å². The van der Waals surface area contributed by atoms with Crippen molar-refractivity contribution in [3.63, 3.8) is 0 Å². The van der Waals surface area contributed by atoms with Gasteiger partial charge in [0.15, 0.2) is 0 Å². The minimum absolute atomic E-state index is 0.0733. The van der Waals surface area contributed by atoms with Crippen LogP contribution >= 0.6 is 0 Å². The molecule has 3 heterocycles. The van der Waals surface area contributed by atoms with E-state index < -0.39 is 0 Å². The highest BCUT2D eigenvalue weighted by Gasteiger charge is 2.41. The SMILES string of the molecule is NC(CN1CC(=O)N2CCCCC2C1=O)C1CCOC1. The van der Waals surface area contributed by atoms with Gasteiger partial charge in [0.05, 0.1) is 13.2 Å². The van der Waals surface area contributed by atoms with Crippen LogP contribution in [0, 0.1) is 5.92 Å². The number of carbonyl (C=O) groups is 2. The maximum atomic E-state index is 12.5. The lowest BCUT2D eigenvalue weighted by Crippen LogP contribution is -2.63. The quantitative estimate of drug-likeness (QED) is 0.762. The number of hydrogen-bond donors (Lipinski definition) is 1. The molecule has 3 aliphatic rings. The van der Waals surface area contributed by atoms with Gasteiger partial charge in [0.25, 0.3) is 0 Å². The fourth-order valence-corrected chi connectivity index (χ4v) is 3.48. The first-order chi connectivity index (χ1) is 9.66. The van der Waals surface area contributed by atoms with E-state index in [4.69, 9.17) is 10.5 Å². The number of amides is 2. The predicted molar refractivity (Wildman–Crippen MR) is 72.8 cm³/mol. The summed E-state index contributed by atoms with van der Waals surface area (Å²) in [6, 6.07) is -0.332. The van der Waals surface area contributed by atoms with Crippen molar-refractivity contribution in [2.75, 3.05) is 32.8 Å². The molecule has 3 saturated heterocycles. The van der Waals surface area contributed by atoms with E-state index in [1.807, 2.05) is 0 Å². The number of carbonyl (C=O) groups excluding carboxylic acids is 2. The first-order valence-electron chi connectivity index (χ1n) is 7.58. The van der Waals surface area contributed by atoms with Crippen molar-refractivity contribution in [2.24, 2.45) is 11.7 Å². The lowest BCUT2D eigenvalue weighted by Gasteiger charge is -2.43. The molecule has 0 aromatic rings. The molecule has 3 unspecified atom stereocenters. The van der Waals surface area contributed by atoms with Crippen LogP contribution in [-0.2, 0) is 14.3 Å². The molecule has 0 spiro atoms. The maximum Gasteiger partial charge on any atom is 0.245 e. The number of rotatable bonds is 3. The molecule has 3 fully saturated rings. The average molecular weight is 281 g/mol. The Morgan fingerprint density at radius 2 is 2.15 bits per heavy atom. The number of piperazine rings is 1. The van der Waals surface area contributed by atoms with E-state index in [9.17, 15) is 9.59 Å². The highest BCUT2D eigenvalue weighted by molar-refractivity contribution is 5.95. The Balaban J connectivity index is 1.64. The van der Waals surface area contributed by atoms with Crippen LogP contribution in [0.25, 0.3) is 0 Å². The van der Waals surface area contributed by atoms with Gasteiger partial charge in [-0.3, -0.25) is 9.59 Å². The smallest absolute Gasteiger partial charge is 0.245 e. The summed E-state index contributed by atoms with van der Waals surface area (Å²) in [4.78, 5) is 28.1. The van der Waals surface area contributed by atoms with Gasteiger partial charge in [-0.15, -0.1) is 0 Å². The number of piperidine rings is 1. The van der Waals surface area contributed by atoms with Crippen LogP contribution in [0.2, 0.25) is 0 Å². The van der Waals surface area contributed by atoms with Gasteiger partial charge in [-0.05, 0) is 25.7 Å². The molecule has 2 N–H and O–H groups in total. The minimum atomic E-state index is -0.239. The predicted octanol–water partition coefficient (Wildman–Crippen LogP) is -0.426. The molecule has 0 bridgehead atoms. The van der Waals surface area contributed by atoms with Gasteiger partial charge in [-0.1, -0.05) is 0 Å². The van der Waals surface area contributed by atoms with Gasteiger partial charge >= 0.3 is 0 Å². The maximum absolute atomic E-state index is 12.5. The fourth-order valence-electron chi connectivity index (χ4n) is 3.48. The zero-order valence-corrected chi connectivity index (χ0v) is 11.8. The van der Waals surface area contributed by atoms with Crippen molar-refractivity contribution in [3.8, 4) is 0 Å². The van der Waals surface area contributed by atoms with Gasteiger partial charge < -0.3 is 20.3 Å². The molecule has 112 valence electrons. The van der Waals surface area contributed by atoms with Crippen LogP contribution in [-0.4, -0.2) is 66.5 Å². The molecule has 3 atom stereocenters. The molecule has 3 aliphatic heterocycles. The molecule has 0 aromatic heterocycles. The number of fused-ring (bicyclic) bond motifs is 1. The zero-order valence-electron chi connectivity index (χ0n) is 11.8. The van der Waals surface area contributed by atoms with Gasteiger partial charge in [0.1, 0.15) is 6.04 Å². The molecule has 20 heavy (non-hydrogen) atoms. The molecule has 2 amide bonds. The van der Waals surface area contributed by atoms with E-state index in [1.54, 1.807) is 9.80 Å². The highest BCUT2D eigenvalue weighted by atomic mass is 16.5. The molecular weight excluding hydrogens is 258 g/mol. The second-order valence-corrected chi connectivity index (χ2v) is 6.10. The minimum Gasteiger partial charge on any atom is -0.381 e. The summed E-state index contributed by atoms with van der Waals surface area (Å²) in [6.07, 6.45) is 3.78. The number of ether oxygens (including phenoxy) is 1. The topological polar surface area (TPSA) is 75.9 Å². The van der Waals surface area contributed by atoms with E-state index >= 15 is 0 Å². The van der Waals surface area contributed by atoms with Crippen molar-refractivity contribution in [1.29, 1.82) is 0 Å². The summed E-state index contributed by atoms with van der Waals surface area (Å²) in [5, 5.41) is 0. The molecular formula is C14H23N3O3. The van der Waals surface area contributed by atoms with Crippen molar-refractivity contribution in [2.45, 2.75) is 37.8 Å². The molecule has 0 radical (unpaired) electrons. The Morgan fingerprint density at radius 3 is 2.90 bits per heavy atom. The summed E-state index contributed by atoms with van der Waals surface area (Å²) in [7, 11) is 0. The van der Waals surface area contributed by atoms with E-state index in [0.717, 1.165) is 38.8 Å². The van der Waals surface area contributed by atoms with Gasteiger partial charge in [0.2, 0.25) is 11.8 Å². The van der Waals surface area contributed by atoms with Crippen molar-refractivity contribution < 1.29 is 14.3 Å². The second kappa shape index (κ2) is 5.69. The molecule has 0 aromatic carbocycles. The van der Waals surface area contributed by atoms with Gasteiger partial charge in [-0.25, -0.2) is 0 Å². The second-order valence-electron chi connectivity index (χ2n) is 6.10. The van der Waals surface area contributed by atoms with E-state index in [1.165, 1.54) is 0 Å². The first kappa shape index (κ1) is 13.8. The Hall–Kier alpha value is -1.14. The molecule has 3 rings (SSSR count). The normalized spacial score (nSPS) is 32.5. The van der Waals surface area contributed by atoms with Crippen LogP contribution in [0.4, 0.5) is 0 Å². The Kier molecular flexibility index (Phi) is 3.94. The largest absolute Gasteiger partial charge is 0.381 e. The van der Waals surface area contributed by atoms with Crippen LogP contribution in [0.3, 0.4) is 0 Å². The lowest BCUT2D eigenvalue weighted by atomic mass is 9.96. The highest BCUT2D eigenvalue weighted by Crippen LogP contribution is 2.24. The first-order valence-corrected chi connectivity index (χ1v) is 7.58. The molecule has 0 aliphatic carbocycles.